The SMILES string of the molecule is O=C(/C=C/c1ccccc1F)N1CCN(C(=O)c2cccs2)CC1. The van der Waals surface area contributed by atoms with Crippen LogP contribution in [0.25, 0.3) is 6.08 Å². The Kier molecular flexibility index (Phi) is 5.05. The van der Waals surface area contributed by atoms with Crippen LogP contribution in [0.15, 0.2) is 47.9 Å². The molecule has 2 aromatic rings. The number of carbonyl (C=O) groups is 2. The highest BCUT2D eigenvalue weighted by atomic mass is 32.1. The molecule has 0 spiro atoms. The van der Waals surface area contributed by atoms with Crippen LogP contribution in [0.1, 0.15) is 15.2 Å². The summed E-state index contributed by atoms with van der Waals surface area (Å²) >= 11 is 1.42. The summed E-state index contributed by atoms with van der Waals surface area (Å²) in [6.07, 6.45) is 2.87. The number of nitrogens with zero attached hydrogens (tertiary/aromatic N) is 2. The van der Waals surface area contributed by atoms with E-state index >= 15 is 0 Å². The van der Waals surface area contributed by atoms with Crippen molar-refractivity contribution in [3.8, 4) is 0 Å². The Bertz CT molecular complexity index is 750. The van der Waals surface area contributed by atoms with Crippen molar-refractivity contribution in [1.82, 2.24) is 9.80 Å². The Morgan fingerprint density at radius 3 is 2.38 bits per heavy atom. The lowest BCUT2D eigenvalue weighted by atomic mass is 10.2. The average molecular weight is 344 g/mol. The van der Waals surface area contributed by atoms with Gasteiger partial charge in [0.05, 0.1) is 4.88 Å². The molecular weight excluding hydrogens is 327 g/mol. The van der Waals surface area contributed by atoms with Crippen LogP contribution < -0.4 is 0 Å². The van der Waals surface area contributed by atoms with Gasteiger partial charge in [-0.1, -0.05) is 24.3 Å². The second-order valence-electron chi connectivity index (χ2n) is 5.45. The lowest BCUT2D eigenvalue weighted by Gasteiger charge is -2.34. The van der Waals surface area contributed by atoms with E-state index < -0.39 is 0 Å². The molecule has 1 fully saturated rings. The van der Waals surface area contributed by atoms with Gasteiger partial charge >= 0.3 is 0 Å². The molecule has 0 bridgehead atoms. The number of amides is 2. The van der Waals surface area contributed by atoms with Crippen molar-refractivity contribution in [3.05, 3.63) is 64.1 Å². The van der Waals surface area contributed by atoms with Crippen molar-refractivity contribution in [1.29, 1.82) is 0 Å². The topological polar surface area (TPSA) is 40.6 Å². The molecular formula is C18H17FN2O2S. The zero-order valence-electron chi connectivity index (χ0n) is 13.0. The van der Waals surface area contributed by atoms with E-state index in [0.29, 0.717) is 36.6 Å². The maximum atomic E-state index is 13.5. The lowest BCUT2D eigenvalue weighted by Crippen LogP contribution is -2.50. The van der Waals surface area contributed by atoms with Gasteiger partial charge < -0.3 is 9.80 Å². The fourth-order valence-corrected chi connectivity index (χ4v) is 3.25. The van der Waals surface area contributed by atoms with Gasteiger partial charge in [0.2, 0.25) is 5.91 Å². The quantitative estimate of drug-likeness (QED) is 0.804. The van der Waals surface area contributed by atoms with Crippen LogP contribution in [0.5, 0.6) is 0 Å². The monoisotopic (exact) mass is 344 g/mol. The molecule has 1 aromatic carbocycles. The number of hydrogen-bond donors (Lipinski definition) is 0. The van der Waals surface area contributed by atoms with Crippen LogP contribution in [0.2, 0.25) is 0 Å². The van der Waals surface area contributed by atoms with Crippen LogP contribution in [-0.4, -0.2) is 47.8 Å². The van der Waals surface area contributed by atoms with E-state index in [4.69, 9.17) is 0 Å². The maximum absolute atomic E-state index is 13.5. The molecule has 1 saturated heterocycles. The first-order valence-electron chi connectivity index (χ1n) is 7.69. The summed E-state index contributed by atoms with van der Waals surface area (Å²) in [7, 11) is 0. The van der Waals surface area contributed by atoms with Crippen LogP contribution in [0.4, 0.5) is 4.39 Å². The molecule has 0 atom stereocenters. The second-order valence-corrected chi connectivity index (χ2v) is 6.40. The molecule has 0 N–H and O–H groups in total. The molecule has 1 aliphatic rings. The Labute approximate surface area is 143 Å². The minimum atomic E-state index is -0.354. The van der Waals surface area contributed by atoms with E-state index in [0.717, 1.165) is 0 Å². The number of hydrogen-bond acceptors (Lipinski definition) is 3. The Hall–Kier alpha value is -2.47. The van der Waals surface area contributed by atoms with Crippen LogP contribution >= 0.6 is 11.3 Å². The minimum absolute atomic E-state index is 0.0130. The summed E-state index contributed by atoms with van der Waals surface area (Å²) in [4.78, 5) is 28.6. The highest BCUT2D eigenvalue weighted by Gasteiger charge is 2.24. The molecule has 0 radical (unpaired) electrons. The van der Waals surface area contributed by atoms with Crippen molar-refractivity contribution < 1.29 is 14.0 Å². The molecule has 0 aliphatic carbocycles. The number of halogens is 1. The number of thiophene rings is 1. The third-order valence-electron chi connectivity index (χ3n) is 3.92. The third-order valence-corrected chi connectivity index (χ3v) is 4.78. The molecule has 1 aliphatic heterocycles. The third kappa shape index (κ3) is 3.71. The van der Waals surface area contributed by atoms with Gasteiger partial charge in [-0.05, 0) is 23.6 Å². The fourth-order valence-electron chi connectivity index (χ4n) is 2.56. The Balaban J connectivity index is 1.55. The van der Waals surface area contributed by atoms with Gasteiger partial charge in [0.15, 0.2) is 0 Å². The molecule has 124 valence electrons. The van der Waals surface area contributed by atoms with E-state index in [-0.39, 0.29) is 17.6 Å². The predicted molar refractivity (Wildman–Crippen MR) is 92.2 cm³/mol. The van der Waals surface area contributed by atoms with E-state index in [1.165, 1.54) is 29.6 Å². The summed E-state index contributed by atoms with van der Waals surface area (Å²) in [5, 5.41) is 1.88. The first-order chi connectivity index (χ1) is 11.6. The summed E-state index contributed by atoms with van der Waals surface area (Å²) in [6, 6.07) is 9.98. The molecule has 6 heteroatoms. The van der Waals surface area contributed by atoms with E-state index in [9.17, 15) is 14.0 Å². The van der Waals surface area contributed by atoms with Gasteiger partial charge in [-0.2, -0.15) is 0 Å². The van der Waals surface area contributed by atoms with Crippen molar-refractivity contribution >= 4 is 29.2 Å². The maximum Gasteiger partial charge on any atom is 0.264 e. The fraction of sp³-hybridized carbons (Fsp3) is 0.222. The molecule has 1 aromatic heterocycles. The Morgan fingerprint density at radius 2 is 1.71 bits per heavy atom. The van der Waals surface area contributed by atoms with E-state index in [1.807, 2.05) is 17.5 Å². The standard InChI is InChI=1S/C18H17FN2O2S/c19-15-5-2-1-4-14(15)7-8-17(22)20-9-11-21(12-10-20)18(23)16-6-3-13-24-16/h1-8,13H,9-12H2/b8-7+. The van der Waals surface area contributed by atoms with Gasteiger partial charge in [0.25, 0.3) is 5.91 Å². The average Bonchev–Trinajstić information content (AvgIpc) is 3.15. The zero-order valence-corrected chi connectivity index (χ0v) is 13.8. The predicted octanol–water partition coefficient (Wildman–Crippen LogP) is 2.89. The second kappa shape index (κ2) is 7.40. The van der Waals surface area contributed by atoms with Gasteiger partial charge in [-0.25, -0.2) is 4.39 Å². The highest BCUT2D eigenvalue weighted by molar-refractivity contribution is 7.12. The van der Waals surface area contributed by atoms with Gasteiger partial charge in [-0.3, -0.25) is 9.59 Å². The van der Waals surface area contributed by atoms with Gasteiger partial charge in [0.1, 0.15) is 5.82 Å². The van der Waals surface area contributed by atoms with Crippen molar-refractivity contribution in [2.45, 2.75) is 0 Å². The van der Waals surface area contributed by atoms with Crippen molar-refractivity contribution in [3.63, 3.8) is 0 Å². The zero-order chi connectivity index (χ0) is 16.9. The first kappa shape index (κ1) is 16.4. The van der Waals surface area contributed by atoms with Crippen LogP contribution in [0.3, 0.4) is 0 Å². The number of benzene rings is 1. The summed E-state index contributed by atoms with van der Waals surface area (Å²) < 4.78 is 13.5. The van der Waals surface area contributed by atoms with Gasteiger partial charge in [-0.15, -0.1) is 11.3 Å². The van der Waals surface area contributed by atoms with Gasteiger partial charge in [0, 0.05) is 37.8 Å². The summed E-state index contributed by atoms with van der Waals surface area (Å²) in [5.74, 6) is -0.506. The Morgan fingerprint density at radius 1 is 1.00 bits per heavy atom. The molecule has 2 heterocycles. The molecule has 4 nitrogen and oxygen atoms in total. The summed E-state index contributed by atoms with van der Waals surface area (Å²) in [6.45, 7) is 1.99. The summed E-state index contributed by atoms with van der Waals surface area (Å²) in [5.41, 5.74) is 0.386. The first-order valence-corrected chi connectivity index (χ1v) is 8.57. The van der Waals surface area contributed by atoms with Crippen LogP contribution in [0, 0.1) is 5.82 Å². The molecule has 3 rings (SSSR count). The smallest absolute Gasteiger partial charge is 0.264 e. The highest BCUT2D eigenvalue weighted by Crippen LogP contribution is 2.14. The van der Waals surface area contributed by atoms with Crippen molar-refractivity contribution in [2.75, 3.05) is 26.2 Å². The molecule has 0 saturated carbocycles. The van der Waals surface area contributed by atoms with Crippen molar-refractivity contribution in [2.24, 2.45) is 0 Å². The van der Waals surface area contributed by atoms with Crippen LogP contribution in [-0.2, 0) is 4.79 Å². The normalized spacial score (nSPS) is 15.0. The number of carbonyl (C=O) groups excluding carboxylic acids is 2. The minimum Gasteiger partial charge on any atom is -0.336 e. The lowest BCUT2D eigenvalue weighted by molar-refractivity contribution is -0.127. The molecule has 24 heavy (non-hydrogen) atoms. The van der Waals surface area contributed by atoms with E-state index in [2.05, 4.69) is 0 Å². The largest absolute Gasteiger partial charge is 0.336 e. The number of piperazine rings is 1. The molecule has 2 amide bonds. The molecule has 0 unspecified atom stereocenters. The number of rotatable bonds is 3. The van der Waals surface area contributed by atoms with E-state index in [1.54, 1.807) is 28.0 Å².